The van der Waals surface area contributed by atoms with Crippen LogP contribution < -0.4 is 5.32 Å². The summed E-state index contributed by atoms with van der Waals surface area (Å²) in [6.45, 7) is 3.40. The zero-order valence-corrected chi connectivity index (χ0v) is 11.5. The summed E-state index contributed by atoms with van der Waals surface area (Å²) in [6.07, 6.45) is 6.13. The van der Waals surface area contributed by atoms with Crippen LogP contribution >= 0.6 is 0 Å². The Morgan fingerprint density at radius 2 is 2.18 bits per heavy atom. The fourth-order valence-corrected chi connectivity index (χ4v) is 2.62. The van der Waals surface area contributed by atoms with E-state index in [1.165, 1.54) is 12.8 Å². The van der Waals surface area contributed by atoms with Gasteiger partial charge in [0, 0.05) is 41.4 Å². The highest BCUT2D eigenvalue weighted by Gasteiger charge is 2.33. The molecule has 1 aliphatic carbocycles. The van der Waals surface area contributed by atoms with Crippen molar-refractivity contribution in [3.05, 3.63) is 0 Å². The van der Waals surface area contributed by atoms with E-state index < -0.39 is 10.8 Å². The molecule has 1 aliphatic heterocycles. The summed E-state index contributed by atoms with van der Waals surface area (Å²) in [5.74, 6) is 0.209. The summed E-state index contributed by atoms with van der Waals surface area (Å²) < 4.78 is 11.4. The molecule has 0 spiro atoms. The van der Waals surface area contributed by atoms with Crippen molar-refractivity contribution < 1.29 is 9.00 Å². The molecule has 1 N–H and O–H groups in total. The largest absolute Gasteiger partial charge is 0.340 e. The number of carbonyl (C=O) groups excluding carboxylic acids is 1. The first-order valence-electron chi connectivity index (χ1n) is 6.45. The van der Waals surface area contributed by atoms with E-state index in [1.54, 1.807) is 6.26 Å². The summed E-state index contributed by atoms with van der Waals surface area (Å²) in [5.41, 5.74) is 0. The third-order valence-electron chi connectivity index (χ3n) is 3.59. The zero-order valence-electron chi connectivity index (χ0n) is 10.6. The molecule has 17 heavy (non-hydrogen) atoms. The van der Waals surface area contributed by atoms with Gasteiger partial charge < -0.3 is 10.2 Å². The van der Waals surface area contributed by atoms with Gasteiger partial charge in [-0.05, 0) is 32.6 Å². The number of nitrogens with zero attached hydrogens (tertiary/aromatic N) is 1. The van der Waals surface area contributed by atoms with E-state index in [0.29, 0.717) is 12.6 Å². The van der Waals surface area contributed by atoms with E-state index >= 15 is 0 Å². The van der Waals surface area contributed by atoms with Gasteiger partial charge in [0.25, 0.3) is 0 Å². The second kappa shape index (κ2) is 5.48. The van der Waals surface area contributed by atoms with E-state index in [-0.39, 0.29) is 17.2 Å². The molecule has 0 radical (unpaired) electrons. The molecule has 3 atom stereocenters. The highest BCUT2D eigenvalue weighted by molar-refractivity contribution is 7.84. The summed E-state index contributed by atoms with van der Waals surface area (Å²) >= 11 is 0. The third kappa shape index (κ3) is 3.52. The zero-order chi connectivity index (χ0) is 12.4. The number of rotatable bonds is 5. The molecule has 0 aromatic rings. The smallest absolute Gasteiger partial charge is 0.239 e. The van der Waals surface area contributed by atoms with Crippen LogP contribution in [0.2, 0.25) is 0 Å². The van der Waals surface area contributed by atoms with Gasteiger partial charge in [0.05, 0.1) is 6.04 Å². The van der Waals surface area contributed by atoms with Crippen LogP contribution in [0.4, 0.5) is 0 Å². The molecule has 1 heterocycles. The van der Waals surface area contributed by atoms with Gasteiger partial charge in [0.15, 0.2) is 0 Å². The Morgan fingerprint density at radius 3 is 2.76 bits per heavy atom. The average Bonchev–Trinajstić information content (AvgIpc) is 3.07. The lowest BCUT2D eigenvalue weighted by Crippen LogP contribution is -2.53. The minimum absolute atomic E-state index is 0.00809. The lowest BCUT2D eigenvalue weighted by molar-refractivity contribution is -0.135. The van der Waals surface area contributed by atoms with Crippen LogP contribution in [0, 0.1) is 0 Å². The molecule has 5 heteroatoms. The van der Waals surface area contributed by atoms with Crippen molar-refractivity contribution in [2.75, 3.05) is 19.3 Å². The SMILES string of the molecule is CC(CN1CCCC(NC2CC2)C1=O)S(C)=O. The van der Waals surface area contributed by atoms with Crippen molar-refractivity contribution in [3.63, 3.8) is 0 Å². The van der Waals surface area contributed by atoms with Gasteiger partial charge in [-0.3, -0.25) is 9.00 Å². The Bertz CT molecular complexity index is 318. The molecule has 1 saturated heterocycles. The van der Waals surface area contributed by atoms with Gasteiger partial charge in [0.2, 0.25) is 5.91 Å². The van der Waals surface area contributed by atoms with Crippen LogP contribution in [0.15, 0.2) is 0 Å². The predicted octanol–water partition coefficient (Wildman–Crippen LogP) is 0.496. The maximum Gasteiger partial charge on any atom is 0.239 e. The van der Waals surface area contributed by atoms with Gasteiger partial charge in [-0.2, -0.15) is 0 Å². The van der Waals surface area contributed by atoms with Gasteiger partial charge in [0.1, 0.15) is 0 Å². The fourth-order valence-electron chi connectivity index (χ4n) is 2.23. The second-order valence-electron chi connectivity index (χ2n) is 5.23. The van der Waals surface area contributed by atoms with Gasteiger partial charge in [-0.15, -0.1) is 0 Å². The molecule has 98 valence electrons. The minimum Gasteiger partial charge on any atom is -0.340 e. The number of likely N-dealkylation sites (tertiary alicyclic amines) is 1. The highest BCUT2D eigenvalue weighted by Crippen LogP contribution is 2.22. The second-order valence-corrected chi connectivity index (χ2v) is 7.03. The lowest BCUT2D eigenvalue weighted by atomic mass is 10.0. The number of hydrogen-bond donors (Lipinski definition) is 1. The average molecular weight is 258 g/mol. The van der Waals surface area contributed by atoms with Crippen molar-refractivity contribution in [1.82, 2.24) is 10.2 Å². The summed E-state index contributed by atoms with van der Waals surface area (Å²) in [6, 6.07) is 0.579. The standard InChI is InChI=1S/C12H22N2O2S/c1-9(17(2)16)8-14-7-3-4-11(12(14)15)13-10-5-6-10/h9-11,13H,3-8H2,1-2H3. The first-order valence-corrected chi connectivity index (χ1v) is 8.07. The number of carbonyl (C=O) groups is 1. The molecule has 1 amide bonds. The Morgan fingerprint density at radius 1 is 1.47 bits per heavy atom. The van der Waals surface area contributed by atoms with Gasteiger partial charge in [-0.1, -0.05) is 0 Å². The van der Waals surface area contributed by atoms with Crippen LogP contribution in [-0.2, 0) is 15.6 Å². The summed E-state index contributed by atoms with van der Waals surface area (Å²) in [5, 5.41) is 3.48. The van der Waals surface area contributed by atoms with E-state index in [2.05, 4.69) is 5.32 Å². The Hall–Kier alpha value is -0.420. The fraction of sp³-hybridized carbons (Fsp3) is 0.917. The Balaban J connectivity index is 1.88. The quantitative estimate of drug-likeness (QED) is 0.781. The van der Waals surface area contributed by atoms with Crippen molar-refractivity contribution in [2.45, 2.75) is 49.9 Å². The summed E-state index contributed by atoms with van der Waals surface area (Å²) in [7, 11) is -0.851. The first-order chi connectivity index (χ1) is 8.08. The molecule has 2 rings (SSSR count). The van der Waals surface area contributed by atoms with Crippen LogP contribution in [0.3, 0.4) is 0 Å². The number of amides is 1. The first kappa shape index (κ1) is 13.0. The lowest BCUT2D eigenvalue weighted by Gasteiger charge is -2.34. The van der Waals surface area contributed by atoms with E-state index in [0.717, 1.165) is 19.4 Å². The number of hydrogen-bond acceptors (Lipinski definition) is 3. The molecular weight excluding hydrogens is 236 g/mol. The maximum absolute atomic E-state index is 12.2. The third-order valence-corrected chi connectivity index (χ3v) is 4.87. The Kier molecular flexibility index (Phi) is 4.20. The van der Waals surface area contributed by atoms with Crippen molar-refractivity contribution >= 4 is 16.7 Å². The Labute approximate surface area is 106 Å². The molecule has 2 aliphatic rings. The maximum atomic E-state index is 12.2. The molecule has 3 unspecified atom stereocenters. The number of nitrogens with one attached hydrogen (secondary N) is 1. The summed E-state index contributed by atoms with van der Waals surface area (Å²) in [4.78, 5) is 14.1. The van der Waals surface area contributed by atoms with Gasteiger partial charge in [-0.25, -0.2) is 0 Å². The molecule has 1 saturated carbocycles. The molecule has 0 aromatic carbocycles. The molecule has 0 aromatic heterocycles. The normalized spacial score (nSPS) is 29.2. The van der Waals surface area contributed by atoms with Gasteiger partial charge >= 0.3 is 0 Å². The molecular formula is C12H22N2O2S. The van der Waals surface area contributed by atoms with Crippen LogP contribution in [-0.4, -0.2) is 51.7 Å². The monoisotopic (exact) mass is 258 g/mol. The van der Waals surface area contributed by atoms with E-state index in [1.807, 2.05) is 11.8 Å². The molecule has 4 nitrogen and oxygen atoms in total. The molecule has 0 bridgehead atoms. The van der Waals surface area contributed by atoms with Crippen molar-refractivity contribution in [2.24, 2.45) is 0 Å². The van der Waals surface area contributed by atoms with Crippen molar-refractivity contribution in [3.8, 4) is 0 Å². The van der Waals surface area contributed by atoms with E-state index in [4.69, 9.17) is 0 Å². The topological polar surface area (TPSA) is 49.4 Å². The minimum atomic E-state index is -0.851. The predicted molar refractivity (Wildman–Crippen MR) is 69.3 cm³/mol. The van der Waals surface area contributed by atoms with Crippen LogP contribution in [0.5, 0.6) is 0 Å². The molecule has 2 fully saturated rings. The van der Waals surface area contributed by atoms with E-state index in [9.17, 15) is 9.00 Å². The van der Waals surface area contributed by atoms with Crippen LogP contribution in [0.1, 0.15) is 32.6 Å². The van der Waals surface area contributed by atoms with Crippen molar-refractivity contribution in [1.29, 1.82) is 0 Å². The highest BCUT2D eigenvalue weighted by atomic mass is 32.2. The number of piperidine rings is 1. The van der Waals surface area contributed by atoms with Crippen LogP contribution in [0.25, 0.3) is 0 Å².